The maximum absolute atomic E-state index is 13.3. The van der Waals surface area contributed by atoms with Gasteiger partial charge in [0.15, 0.2) is 0 Å². The Morgan fingerprint density at radius 2 is 1.78 bits per heavy atom. The molecule has 0 bridgehead atoms. The SMILES string of the molecule is C#CN(C(CCCC)C(C=C)c1ccccc1)S(=O)(=O)c1ccc(C)cc1. The van der Waals surface area contributed by atoms with E-state index in [2.05, 4.69) is 19.5 Å². The first-order chi connectivity index (χ1) is 13.0. The van der Waals surface area contributed by atoms with Crippen LogP contribution in [0.15, 0.2) is 72.1 Å². The van der Waals surface area contributed by atoms with E-state index in [1.807, 2.05) is 37.3 Å². The molecule has 142 valence electrons. The molecule has 0 aliphatic heterocycles. The van der Waals surface area contributed by atoms with Crippen molar-refractivity contribution in [3.63, 3.8) is 0 Å². The number of nitrogens with zero attached hydrogens (tertiary/aromatic N) is 1. The Balaban J connectivity index is 2.50. The van der Waals surface area contributed by atoms with Crippen molar-refractivity contribution < 1.29 is 8.42 Å². The van der Waals surface area contributed by atoms with Crippen LogP contribution in [-0.4, -0.2) is 18.8 Å². The van der Waals surface area contributed by atoms with Gasteiger partial charge in [-0.25, -0.2) is 12.7 Å². The summed E-state index contributed by atoms with van der Waals surface area (Å²) >= 11 is 0. The maximum atomic E-state index is 13.3. The normalized spacial score (nSPS) is 13.4. The summed E-state index contributed by atoms with van der Waals surface area (Å²) in [5, 5.41) is 0. The molecular weight excluding hydrogens is 354 g/mol. The Bertz CT molecular complexity index is 880. The van der Waals surface area contributed by atoms with Crippen LogP contribution in [-0.2, 0) is 10.0 Å². The van der Waals surface area contributed by atoms with E-state index in [-0.39, 0.29) is 16.9 Å². The predicted octanol–water partition coefficient (Wildman–Crippen LogP) is 5.11. The quantitative estimate of drug-likeness (QED) is 0.344. The second kappa shape index (κ2) is 9.43. The monoisotopic (exact) mass is 381 g/mol. The fourth-order valence-corrected chi connectivity index (χ4v) is 4.65. The summed E-state index contributed by atoms with van der Waals surface area (Å²) in [4.78, 5) is 0.212. The average Bonchev–Trinajstić information content (AvgIpc) is 2.67. The molecule has 2 atom stereocenters. The topological polar surface area (TPSA) is 37.4 Å². The Hall–Kier alpha value is -2.51. The molecule has 0 radical (unpaired) electrons. The third-order valence-electron chi connectivity index (χ3n) is 4.71. The molecule has 2 rings (SSSR count). The molecule has 0 aromatic heterocycles. The van der Waals surface area contributed by atoms with Crippen molar-refractivity contribution in [3.05, 3.63) is 78.4 Å². The lowest BCUT2D eigenvalue weighted by molar-refractivity contribution is 0.356. The molecule has 27 heavy (non-hydrogen) atoms. The van der Waals surface area contributed by atoms with Gasteiger partial charge in [0.2, 0.25) is 0 Å². The van der Waals surface area contributed by atoms with E-state index in [4.69, 9.17) is 6.42 Å². The van der Waals surface area contributed by atoms with Crippen LogP contribution >= 0.6 is 0 Å². The van der Waals surface area contributed by atoms with Gasteiger partial charge in [0, 0.05) is 12.0 Å². The number of unbranched alkanes of at least 4 members (excludes halogenated alkanes) is 1. The van der Waals surface area contributed by atoms with Gasteiger partial charge in [-0.15, -0.1) is 6.58 Å². The van der Waals surface area contributed by atoms with Gasteiger partial charge in [-0.1, -0.05) is 80.3 Å². The Kier molecular flexibility index (Phi) is 7.27. The number of sulfonamides is 1. The number of aryl methyl sites for hydroxylation is 1. The number of hydrogen-bond acceptors (Lipinski definition) is 2. The molecule has 0 fully saturated rings. The molecule has 3 nitrogen and oxygen atoms in total. The van der Waals surface area contributed by atoms with Crippen LogP contribution in [0.2, 0.25) is 0 Å². The van der Waals surface area contributed by atoms with Crippen LogP contribution < -0.4 is 0 Å². The first-order valence-corrected chi connectivity index (χ1v) is 10.6. The maximum Gasteiger partial charge on any atom is 0.271 e. The van der Waals surface area contributed by atoms with Crippen molar-refractivity contribution in [1.29, 1.82) is 0 Å². The molecule has 4 heteroatoms. The first kappa shape index (κ1) is 20.8. The van der Waals surface area contributed by atoms with Gasteiger partial charge in [-0.3, -0.25) is 0 Å². The van der Waals surface area contributed by atoms with E-state index >= 15 is 0 Å². The molecule has 0 aliphatic carbocycles. The molecule has 0 heterocycles. The summed E-state index contributed by atoms with van der Waals surface area (Å²) in [6.45, 7) is 7.96. The minimum Gasteiger partial charge on any atom is -0.221 e. The molecule has 2 aromatic carbocycles. The molecule has 0 N–H and O–H groups in total. The van der Waals surface area contributed by atoms with Crippen molar-refractivity contribution in [1.82, 2.24) is 4.31 Å². The van der Waals surface area contributed by atoms with Crippen LogP contribution in [0.4, 0.5) is 0 Å². The zero-order valence-electron chi connectivity index (χ0n) is 16.0. The van der Waals surface area contributed by atoms with E-state index in [1.165, 1.54) is 4.31 Å². The zero-order valence-corrected chi connectivity index (χ0v) is 16.8. The van der Waals surface area contributed by atoms with Gasteiger partial charge in [0.1, 0.15) is 0 Å². The van der Waals surface area contributed by atoms with Gasteiger partial charge in [-0.2, -0.15) is 0 Å². The van der Waals surface area contributed by atoms with Gasteiger partial charge in [0.25, 0.3) is 10.0 Å². The van der Waals surface area contributed by atoms with Crippen molar-refractivity contribution in [2.45, 2.75) is 50.0 Å². The van der Waals surface area contributed by atoms with Gasteiger partial charge >= 0.3 is 0 Å². The summed E-state index contributed by atoms with van der Waals surface area (Å²) in [5.74, 6) is -0.186. The highest BCUT2D eigenvalue weighted by Gasteiger charge is 2.33. The molecule has 0 spiro atoms. The number of benzene rings is 2. The van der Waals surface area contributed by atoms with Gasteiger partial charge in [0.05, 0.1) is 10.9 Å². The largest absolute Gasteiger partial charge is 0.271 e. The molecular formula is C23H27NO2S. The summed E-state index contributed by atoms with van der Waals surface area (Å²) in [7, 11) is -3.81. The van der Waals surface area contributed by atoms with Crippen molar-refractivity contribution in [3.8, 4) is 12.5 Å². The fourth-order valence-electron chi connectivity index (χ4n) is 3.21. The number of terminal acetylenes is 1. The third-order valence-corrected chi connectivity index (χ3v) is 6.47. The Morgan fingerprint density at radius 3 is 2.30 bits per heavy atom. The number of rotatable bonds is 9. The minimum absolute atomic E-state index is 0.186. The third kappa shape index (κ3) is 4.81. The van der Waals surface area contributed by atoms with Crippen LogP contribution in [0.1, 0.15) is 43.2 Å². The average molecular weight is 382 g/mol. The van der Waals surface area contributed by atoms with Gasteiger partial charge < -0.3 is 0 Å². The summed E-state index contributed by atoms with van der Waals surface area (Å²) in [5.41, 5.74) is 2.00. The number of hydrogen-bond donors (Lipinski definition) is 0. The highest BCUT2D eigenvalue weighted by Crippen LogP contribution is 2.31. The summed E-state index contributed by atoms with van der Waals surface area (Å²) < 4.78 is 27.7. The lowest BCUT2D eigenvalue weighted by atomic mass is 9.88. The standard InChI is InChI=1S/C23H27NO2S/c1-5-8-14-23(22(6-2)20-12-10-9-11-13-20)24(7-3)27(25,26)21-17-15-19(4)16-18-21/h3,6,9-13,15-18,22-23H,2,5,8,14H2,1,4H3. The van der Waals surface area contributed by atoms with Crippen LogP contribution in [0.5, 0.6) is 0 Å². The second-order valence-electron chi connectivity index (χ2n) is 6.62. The van der Waals surface area contributed by atoms with Gasteiger partial charge in [-0.05, 0) is 31.0 Å². The summed E-state index contributed by atoms with van der Waals surface area (Å²) in [6, 6.07) is 18.6. The van der Waals surface area contributed by atoms with E-state index in [1.54, 1.807) is 30.3 Å². The Morgan fingerprint density at radius 1 is 1.15 bits per heavy atom. The molecule has 0 aliphatic rings. The highest BCUT2D eigenvalue weighted by atomic mass is 32.2. The molecule has 0 saturated carbocycles. The predicted molar refractivity (Wildman–Crippen MR) is 112 cm³/mol. The van der Waals surface area contributed by atoms with Crippen LogP contribution in [0.3, 0.4) is 0 Å². The van der Waals surface area contributed by atoms with Crippen molar-refractivity contribution in [2.75, 3.05) is 0 Å². The lowest BCUT2D eigenvalue weighted by Crippen LogP contribution is -2.40. The zero-order chi connectivity index (χ0) is 19.9. The van der Waals surface area contributed by atoms with E-state index in [9.17, 15) is 8.42 Å². The molecule has 0 saturated heterocycles. The molecule has 2 unspecified atom stereocenters. The molecule has 0 amide bonds. The van der Waals surface area contributed by atoms with Crippen LogP contribution in [0.25, 0.3) is 0 Å². The summed E-state index contributed by atoms with van der Waals surface area (Å²) in [6.07, 6.45) is 10.0. The van der Waals surface area contributed by atoms with E-state index in [0.717, 1.165) is 24.0 Å². The van der Waals surface area contributed by atoms with E-state index < -0.39 is 10.0 Å². The second-order valence-corrected chi connectivity index (χ2v) is 8.44. The van der Waals surface area contributed by atoms with Crippen molar-refractivity contribution in [2.24, 2.45) is 0 Å². The Labute approximate surface area is 163 Å². The van der Waals surface area contributed by atoms with E-state index in [0.29, 0.717) is 6.42 Å². The smallest absolute Gasteiger partial charge is 0.221 e. The fraction of sp³-hybridized carbons (Fsp3) is 0.304. The first-order valence-electron chi connectivity index (χ1n) is 9.20. The minimum atomic E-state index is -3.81. The molecule has 2 aromatic rings. The highest BCUT2D eigenvalue weighted by molar-refractivity contribution is 7.89. The van der Waals surface area contributed by atoms with Crippen molar-refractivity contribution >= 4 is 10.0 Å². The lowest BCUT2D eigenvalue weighted by Gasteiger charge is -2.33. The van der Waals surface area contributed by atoms with Crippen LogP contribution in [0, 0.1) is 19.4 Å².